The summed E-state index contributed by atoms with van der Waals surface area (Å²) in [6, 6.07) is 27.4. The van der Waals surface area contributed by atoms with Crippen molar-refractivity contribution in [1.29, 1.82) is 0 Å². The summed E-state index contributed by atoms with van der Waals surface area (Å²) in [5.74, 6) is 0.994. The van der Waals surface area contributed by atoms with Gasteiger partial charge in [-0.3, -0.25) is 0 Å². The number of nitrogens with zero attached hydrogens (tertiary/aromatic N) is 2. The smallest absolute Gasteiger partial charge is 0.141 e. The number of para-hydroxylation sites is 2. The third-order valence-corrected chi connectivity index (χ3v) is 4.84. The van der Waals surface area contributed by atoms with Gasteiger partial charge in [0, 0.05) is 10.0 Å². The number of benzene rings is 3. The standard InChI is InChI=1S/C21H17BrN2/c1-15(16-8-3-2-4-9-16)24-20-13-6-5-12-19(20)23-21(24)17-10-7-11-18(22)14-17/h2-15H,1H3/t15-/m1/s1. The molecule has 0 aliphatic heterocycles. The Labute approximate surface area is 149 Å². The van der Waals surface area contributed by atoms with E-state index in [0.29, 0.717) is 0 Å². The van der Waals surface area contributed by atoms with E-state index in [1.165, 1.54) is 5.56 Å². The average Bonchev–Trinajstić information content (AvgIpc) is 3.01. The van der Waals surface area contributed by atoms with Gasteiger partial charge in [0.2, 0.25) is 0 Å². The van der Waals surface area contributed by atoms with Gasteiger partial charge in [0.1, 0.15) is 5.82 Å². The fraction of sp³-hybridized carbons (Fsp3) is 0.0952. The first-order valence-electron chi connectivity index (χ1n) is 8.02. The molecule has 2 nitrogen and oxygen atoms in total. The van der Waals surface area contributed by atoms with E-state index >= 15 is 0 Å². The lowest BCUT2D eigenvalue weighted by molar-refractivity contribution is 0.665. The minimum Gasteiger partial charge on any atom is -0.317 e. The molecule has 0 fully saturated rings. The van der Waals surface area contributed by atoms with Crippen molar-refractivity contribution in [3.05, 3.63) is 88.9 Å². The Morgan fingerprint density at radius 1 is 0.875 bits per heavy atom. The van der Waals surface area contributed by atoms with Crippen LogP contribution in [0.3, 0.4) is 0 Å². The van der Waals surface area contributed by atoms with Crippen molar-refractivity contribution in [3.8, 4) is 11.4 Å². The lowest BCUT2D eigenvalue weighted by atomic mass is 10.1. The van der Waals surface area contributed by atoms with Crippen molar-refractivity contribution in [2.45, 2.75) is 13.0 Å². The third kappa shape index (κ3) is 2.65. The second-order valence-corrected chi connectivity index (χ2v) is 6.81. The van der Waals surface area contributed by atoms with Gasteiger partial charge in [0.25, 0.3) is 0 Å². The van der Waals surface area contributed by atoms with E-state index in [1.54, 1.807) is 0 Å². The lowest BCUT2D eigenvalue weighted by Gasteiger charge is -2.18. The summed E-state index contributed by atoms with van der Waals surface area (Å²) < 4.78 is 3.39. The molecule has 3 aromatic carbocycles. The third-order valence-electron chi connectivity index (χ3n) is 4.35. The molecule has 3 heteroatoms. The maximum Gasteiger partial charge on any atom is 0.141 e. The van der Waals surface area contributed by atoms with Gasteiger partial charge >= 0.3 is 0 Å². The van der Waals surface area contributed by atoms with Gasteiger partial charge in [-0.15, -0.1) is 0 Å². The number of rotatable bonds is 3. The SMILES string of the molecule is C[C@H](c1ccccc1)n1c(-c2cccc(Br)c2)nc2ccccc21. The molecular weight excluding hydrogens is 360 g/mol. The monoisotopic (exact) mass is 376 g/mol. The summed E-state index contributed by atoms with van der Waals surface area (Å²) in [7, 11) is 0. The Kier molecular flexibility index (Phi) is 3.95. The summed E-state index contributed by atoms with van der Waals surface area (Å²) >= 11 is 3.57. The van der Waals surface area contributed by atoms with Crippen LogP contribution in [0.25, 0.3) is 22.4 Å². The number of hydrogen-bond acceptors (Lipinski definition) is 1. The topological polar surface area (TPSA) is 17.8 Å². The molecule has 0 spiro atoms. The molecule has 24 heavy (non-hydrogen) atoms. The van der Waals surface area contributed by atoms with Crippen molar-refractivity contribution in [2.24, 2.45) is 0 Å². The Morgan fingerprint density at radius 2 is 1.62 bits per heavy atom. The van der Waals surface area contributed by atoms with E-state index in [1.807, 2.05) is 12.1 Å². The molecule has 0 unspecified atom stereocenters. The van der Waals surface area contributed by atoms with Gasteiger partial charge in [0.15, 0.2) is 0 Å². The predicted octanol–water partition coefficient (Wildman–Crippen LogP) is 6.08. The normalized spacial score (nSPS) is 12.4. The molecule has 0 amide bonds. The minimum atomic E-state index is 0.201. The van der Waals surface area contributed by atoms with Crippen LogP contribution in [-0.4, -0.2) is 9.55 Å². The van der Waals surface area contributed by atoms with E-state index in [-0.39, 0.29) is 6.04 Å². The van der Waals surface area contributed by atoms with Crippen LogP contribution in [0.2, 0.25) is 0 Å². The summed E-state index contributed by atoms with van der Waals surface area (Å²) in [4.78, 5) is 4.91. The summed E-state index contributed by atoms with van der Waals surface area (Å²) in [5.41, 5.74) is 4.57. The molecule has 4 rings (SSSR count). The van der Waals surface area contributed by atoms with Crippen molar-refractivity contribution in [2.75, 3.05) is 0 Å². The molecule has 0 bridgehead atoms. The van der Waals surface area contributed by atoms with E-state index in [2.05, 4.69) is 94.2 Å². The highest BCUT2D eigenvalue weighted by Gasteiger charge is 2.18. The zero-order valence-corrected chi connectivity index (χ0v) is 14.9. The molecule has 1 heterocycles. The maximum absolute atomic E-state index is 4.91. The molecule has 0 radical (unpaired) electrons. The fourth-order valence-electron chi connectivity index (χ4n) is 3.15. The van der Waals surface area contributed by atoms with Crippen LogP contribution in [0.15, 0.2) is 83.3 Å². The molecule has 118 valence electrons. The number of fused-ring (bicyclic) bond motifs is 1. The van der Waals surface area contributed by atoms with Crippen molar-refractivity contribution in [1.82, 2.24) is 9.55 Å². The Morgan fingerprint density at radius 3 is 2.42 bits per heavy atom. The zero-order chi connectivity index (χ0) is 16.5. The summed E-state index contributed by atoms with van der Waals surface area (Å²) in [5, 5.41) is 0. The second kappa shape index (κ2) is 6.25. The van der Waals surface area contributed by atoms with Gasteiger partial charge in [-0.05, 0) is 36.8 Å². The van der Waals surface area contributed by atoms with E-state index in [9.17, 15) is 0 Å². The lowest BCUT2D eigenvalue weighted by Crippen LogP contribution is -2.08. The van der Waals surface area contributed by atoms with Crippen LogP contribution in [0.5, 0.6) is 0 Å². The number of imidazole rings is 1. The highest BCUT2D eigenvalue weighted by molar-refractivity contribution is 9.10. The van der Waals surface area contributed by atoms with Crippen LogP contribution >= 0.6 is 15.9 Å². The van der Waals surface area contributed by atoms with Gasteiger partial charge in [-0.2, -0.15) is 0 Å². The van der Waals surface area contributed by atoms with Crippen LogP contribution in [0, 0.1) is 0 Å². The zero-order valence-electron chi connectivity index (χ0n) is 13.4. The largest absolute Gasteiger partial charge is 0.317 e. The van der Waals surface area contributed by atoms with Crippen molar-refractivity contribution >= 4 is 27.0 Å². The highest BCUT2D eigenvalue weighted by atomic mass is 79.9. The van der Waals surface area contributed by atoms with Gasteiger partial charge in [-0.25, -0.2) is 4.98 Å². The van der Waals surface area contributed by atoms with Crippen LogP contribution in [0.1, 0.15) is 18.5 Å². The van der Waals surface area contributed by atoms with Crippen LogP contribution in [0.4, 0.5) is 0 Å². The first-order chi connectivity index (χ1) is 11.7. The Hall–Kier alpha value is -2.39. The maximum atomic E-state index is 4.91. The van der Waals surface area contributed by atoms with Gasteiger partial charge < -0.3 is 4.57 Å². The molecule has 0 saturated heterocycles. The highest BCUT2D eigenvalue weighted by Crippen LogP contribution is 2.32. The molecule has 0 saturated carbocycles. The molecular formula is C21H17BrN2. The first kappa shape index (κ1) is 15.2. The molecule has 0 aliphatic rings. The van der Waals surface area contributed by atoms with Gasteiger partial charge in [-0.1, -0.05) is 70.5 Å². The van der Waals surface area contributed by atoms with E-state index in [4.69, 9.17) is 4.98 Å². The van der Waals surface area contributed by atoms with Crippen LogP contribution < -0.4 is 0 Å². The van der Waals surface area contributed by atoms with E-state index < -0.39 is 0 Å². The molecule has 0 N–H and O–H groups in total. The Bertz CT molecular complexity index is 989. The molecule has 4 aromatic rings. The number of halogens is 1. The van der Waals surface area contributed by atoms with Crippen molar-refractivity contribution in [3.63, 3.8) is 0 Å². The summed E-state index contributed by atoms with van der Waals surface area (Å²) in [6.07, 6.45) is 0. The quantitative estimate of drug-likeness (QED) is 0.423. The molecule has 0 aliphatic carbocycles. The number of aromatic nitrogens is 2. The second-order valence-electron chi connectivity index (χ2n) is 5.89. The molecule has 1 atom stereocenters. The van der Waals surface area contributed by atoms with Crippen molar-refractivity contribution < 1.29 is 0 Å². The fourth-order valence-corrected chi connectivity index (χ4v) is 3.55. The van der Waals surface area contributed by atoms with Gasteiger partial charge in [0.05, 0.1) is 17.1 Å². The van der Waals surface area contributed by atoms with E-state index in [0.717, 1.165) is 26.9 Å². The number of hydrogen-bond donors (Lipinski definition) is 0. The first-order valence-corrected chi connectivity index (χ1v) is 8.81. The van der Waals surface area contributed by atoms with Crippen LogP contribution in [-0.2, 0) is 0 Å². The molecule has 1 aromatic heterocycles. The Balaban J connectivity index is 1.97. The average molecular weight is 377 g/mol. The summed E-state index contributed by atoms with van der Waals surface area (Å²) in [6.45, 7) is 2.23. The minimum absolute atomic E-state index is 0.201. The predicted molar refractivity (Wildman–Crippen MR) is 103 cm³/mol.